The summed E-state index contributed by atoms with van der Waals surface area (Å²) in [6.07, 6.45) is 1.77. The molecule has 2 aliphatic rings. The molecular formula is C19H26Cl2N6O2. The summed E-state index contributed by atoms with van der Waals surface area (Å²) in [5.74, 6) is 0.896. The van der Waals surface area contributed by atoms with Gasteiger partial charge in [-0.25, -0.2) is 4.98 Å². The first-order valence-corrected chi connectivity index (χ1v) is 9.30. The molecule has 0 bridgehead atoms. The summed E-state index contributed by atoms with van der Waals surface area (Å²) in [5, 5.41) is 15.7. The molecule has 10 heteroatoms. The number of nitrogens with one attached hydrogen (secondary N) is 2. The van der Waals surface area contributed by atoms with Gasteiger partial charge in [0, 0.05) is 43.4 Å². The van der Waals surface area contributed by atoms with Crippen LogP contribution < -0.4 is 21.3 Å². The van der Waals surface area contributed by atoms with E-state index in [0.29, 0.717) is 18.7 Å². The normalized spacial score (nSPS) is 20.7. The molecule has 8 nitrogen and oxygen atoms in total. The third-order valence-electron chi connectivity index (χ3n) is 5.10. The summed E-state index contributed by atoms with van der Waals surface area (Å²) in [7, 11) is 0. The van der Waals surface area contributed by atoms with Crippen LogP contribution in [-0.4, -0.2) is 59.3 Å². The van der Waals surface area contributed by atoms with Crippen LogP contribution in [0.5, 0.6) is 0 Å². The van der Waals surface area contributed by atoms with Crippen LogP contribution in [0.25, 0.3) is 11.3 Å². The molecule has 5 N–H and O–H groups in total. The molecule has 2 saturated heterocycles. The van der Waals surface area contributed by atoms with E-state index in [1.54, 1.807) is 12.1 Å². The van der Waals surface area contributed by atoms with Crippen molar-refractivity contribution in [2.24, 2.45) is 0 Å². The lowest BCUT2D eigenvalue weighted by atomic mass is 10.1. The zero-order valence-electron chi connectivity index (χ0n) is 15.9. The molecule has 2 aliphatic heterocycles. The monoisotopic (exact) mass is 440 g/mol. The molecule has 2 atom stereocenters. The molecule has 2 fully saturated rings. The Labute approximate surface area is 182 Å². The second-order valence-electron chi connectivity index (χ2n) is 7.05. The third kappa shape index (κ3) is 5.27. The number of aliphatic hydroxyl groups excluding tert-OH is 1. The van der Waals surface area contributed by atoms with Crippen molar-refractivity contribution in [2.45, 2.75) is 25.0 Å². The average molecular weight is 441 g/mol. The second kappa shape index (κ2) is 10.1. The first-order chi connectivity index (χ1) is 13.1. The van der Waals surface area contributed by atoms with E-state index < -0.39 is 6.10 Å². The van der Waals surface area contributed by atoms with Gasteiger partial charge in [0.2, 0.25) is 5.95 Å². The van der Waals surface area contributed by atoms with Crippen molar-refractivity contribution in [1.29, 1.82) is 0 Å². The van der Waals surface area contributed by atoms with Crippen molar-refractivity contribution < 1.29 is 9.90 Å². The second-order valence-corrected chi connectivity index (χ2v) is 7.05. The zero-order chi connectivity index (χ0) is 18.8. The van der Waals surface area contributed by atoms with E-state index in [9.17, 15) is 9.90 Å². The van der Waals surface area contributed by atoms with Crippen LogP contribution in [0.4, 0.5) is 11.8 Å². The molecular weight excluding hydrogens is 415 g/mol. The van der Waals surface area contributed by atoms with Crippen LogP contribution in [0.15, 0.2) is 30.3 Å². The SMILES string of the molecule is Cl.Cl.Nc1nc(-c2ccc(C(=O)N[C@@H]3CNC[C@H]3O)cc2)cc(N2CCCC2)n1. The number of hydrogen-bond acceptors (Lipinski definition) is 7. The molecule has 0 aliphatic carbocycles. The fraction of sp³-hybridized carbons (Fsp3) is 0.421. The van der Waals surface area contributed by atoms with Crippen LogP contribution in [-0.2, 0) is 0 Å². The van der Waals surface area contributed by atoms with E-state index in [1.165, 1.54) is 0 Å². The Balaban J connectivity index is 0.00000150. The van der Waals surface area contributed by atoms with Crippen LogP contribution in [0.2, 0.25) is 0 Å². The van der Waals surface area contributed by atoms with Gasteiger partial charge in [0.15, 0.2) is 0 Å². The third-order valence-corrected chi connectivity index (χ3v) is 5.10. The van der Waals surface area contributed by atoms with Crippen molar-refractivity contribution in [2.75, 3.05) is 36.8 Å². The van der Waals surface area contributed by atoms with Crippen molar-refractivity contribution in [3.05, 3.63) is 35.9 Å². The number of anilines is 2. The highest BCUT2D eigenvalue weighted by molar-refractivity contribution is 5.95. The number of hydrogen-bond donors (Lipinski definition) is 4. The van der Waals surface area contributed by atoms with Gasteiger partial charge >= 0.3 is 0 Å². The van der Waals surface area contributed by atoms with E-state index in [1.807, 2.05) is 18.2 Å². The number of carbonyl (C=O) groups excluding carboxylic acids is 1. The molecule has 0 spiro atoms. The minimum absolute atomic E-state index is 0. The van der Waals surface area contributed by atoms with Gasteiger partial charge in [-0.3, -0.25) is 4.79 Å². The van der Waals surface area contributed by atoms with E-state index in [2.05, 4.69) is 25.5 Å². The largest absolute Gasteiger partial charge is 0.390 e. The summed E-state index contributed by atoms with van der Waals surface area (Å²) in [4.78, 5) is 23.3. The topological polar surface area (TPSA) is 116 Å². The summed E-state index contributed by atoms with van der Waals surface area (Å²) in [5.41, 5.74) is 8.07. The molecule has 158 valence electrons. The van der Waals surface area contributed by atoms with Crippen molar-refractivity contribution in [3.63, 3.8) is 0 Å². The molecule has 2 aromatic rings. The number of benzene rings is 1. The minimum Gasteiger partial charge on any atom is -0.390 e. The lowest BCUT2D eigenvalue weighted by molar-refractivity contribution is 0.0888. The van der Waals surface area contributed by atoms with Gasteiger partial charge in [0.05, 0.1) is 17.8 Å². The highest BCUT2D eigenvalue weighted by Gasteiger charge is 2.26. The Kier molecular flexibility index (Phi) is 8.04. The highest BCUT2D eigenvalue weighted by Crippen LogP contribution is 2.25. The van der Waals surface area contributed by atoms with Gasteiger partial charge in [-0.1, -0.05) is 12.1 Å². The fourth-order valence-corrected chi connectivity index (χ4v) is 3.57. The Morgan fingerprint density at radius 2 is 1.83 bits per heavy atom. The number of carbonyl (C=O) groups is 1. The summed E-state index contributed by atoms with van der Waals surface area (Å²) >= 11 is 0. The predicted molar refractivity (Wildman–Crippen MR) is 118 cm³/mol. The van der Waals surface area contributed by atoms with Gasteiger partial charge < -0.3 is 26.4 Å². The van der Waals surface area contributed by atoms with Gasteiger partial charge in [-0.15, -0.1) is 24.8 Å². The number of aromatic nitrogens is 2. The first kappa shape index (κ1) is 23.2. The van der Waals surface area contributed by atoms with E-state index in [0.717, 1.165) is 43.0 Å². The number of nitrogen functional groups attached to an aromatic ring is 1. The zero-order valence-corrected chi connectivity index (χ0v) is 17.5. The smallest absolute Gasteiger partial charge is 0.251 e. The molecule has 3 heterocycles. The van der Waals surface area contributed by atoms with Crippen LogP contribution in [0.3, 0.4) is 0 Å². The number of nitrogens with two attached hydrogens (primary N) is 1. The van der Waals surface area contributed by atoms with Crippen LogP contribution in [0, 0.1) is 0 Å². The first-order valence-electron chi connectivity index (χ1n) is 9.30. The Hall–Kier alpha value is -2.13. The van der Waals surface area contributed by atoms with E-state index in [4.69, 9.17) is 5.73 Å². The summed E-state index contributed by atoms with van der Waals surface area (Å²) in [6, 6.07) is 8.90. The van der Waals surface area contributed by atoms with Gasteiger partial charge in [-0.2, -0.15) is 4.98 Å². The van der Waals surface area contributed by atoms with Crippen molar-refractivity contribution in [1.82, 2.24) is 20.6 Å². The predicted octanol–water partition coefficient (Wildman–Crippen LogP) is 1.23. The maximum absolute atomic E-state index is 12.4. The standard InChI is InChI=1S/C19H24N6O2.2ClH/c20-19-23-14(9-17(24-19)25-7-1-2-8-25)12-3-5-13(6-4-12)18(27)22-15-10-21-11-16(15)26;;/h3-6,9,15-16,21,26H,1-2,7-8,10-11H2,(H,22,27)(H2,20,23,24);2*1H/t15-,16-;;/m1../s1. The Bertz CT molecular complexity index is 830. The lowest BCUT2D eigenvalue weighted by Crippen LogP contribution is -2.42. The molecule has 1 aromatic heterocycles. The number of halogens is 2. The maximum Gasteiger partial charge on any atom is 0.251 e. The molecule has 1 amide bonds. The highest BCUT2D eigenvalue weighted by atomic mass is 35.5. The van der Waals surface area contributed by atoms with Crippen molar-refractivity contribution >= 4 is 42.5 Å². The van der Waals surface area contributed by atoms with E-state index >= 15 is 0 Å². The van der Waals surface area contributed by atoms with Crippen LogP contribution >= 0.6 is 24.8 Å². The number of β-amino-alcohol motifs (C(OH)–C–C–N with tert-alkyl or cyclic N) is 1. The fourth-order valence-electron chi connectivity index (χ4n) is 3.57. The number of rotatable bonds is 4. The molecule has 4 rings (SSSR count). The number of amides is 1. The lowest BCUT2D eigenvalue weighted by Gasteiger charge is -2.17. The summed E-state index contributed by atoms with van der Waals surface area (Å²) < 4.78 is 0. The molecule has 0 saturated carbocycles. The number of nitrogens with zero attached hydrogens (tertiary/aromatic N) is 3. The van der Waals surface area contributed by atoms with Gasteiger partial charge in [0.1, 0.15) is 5.82 Å². The van der Waals surface area contributed by atoms with Gasteiger partial charge in [0.25, 0.3) is 5.91 Å². The maximum atomic E-state index is 12.4. The van der Waals surface area contributed by atoms with E-state index in [-0.39, 0.29) is 42.7 Å². The number of aliphatic hydroxyl groups is 1. The minimum atomic E-state index is -0.554. The van der Waals surface area contributed by atoms with Gasteiger partial charge in [-0.05, 0) is 25.0 Å². The molecule has 0 radical (unpaired) electrons. The molecule has 1 aromatic carbocycles. The molecule has 29 heavy (non-hydrogen) atoms. The van der Waals surface area contributed by atoms with Crippen molar-refractivity contribution in [3.8, 4) is 11.3 Å². The quantitative estimate of drug-likeness (QED) is 0.564. The average Bonchev–Trinajstić information content (AvgIpc) is 3.34. The van der Waals surface area contributed by atoms with Crippen LogP contribution in [0.1, 0.15) is 23.2 Å². The summed E-state index contributed by atoms with van der Waals surface area (Å²) in [6.45, 7) is 3.04. The Morgan fingerprint density at radius 1 is 1.14 bits per heavy atom. The Morgan fingerprint density at radius 3 is 2.45 bits per heavy atom. The molecule has 0 unspecified atom stereocenters.